The molecule has 7 heteroatoms. The fourth-order valence-electron chi connectivity index (χ4n) is 2.08. The van der Waals surface area contributed by atoms with E-state index < -0.39 is 5.91 Å². The van der Waals surface area contributed by atoms with Gasteiger partial charge in [0.15, 0.2) is 5.82 Å². The smallest absolute Gasteiger partial charge is 0.264 e. The molecule has 0 saturated heterocycles. The van der Waals surface area contributed by atoms with Crippen molar-refractivity contribution in [3.05, 3.63) is 65.4 Å². The summed E-state index contributed by atoms with van der Waals surface area (Å²) in [6, 6.07) is 14.1. The molecule has 3 aromatic rings. The Morgan fingerprint density at radius 3 is 2.65 bits per heavy atom. The molecule has 0 radical (unpaired) electrons. The van der Waals surface area contributed by atoms with E-state index >= 15 is 0 Å². The van der Waals surface area contributed by atoms with E-state index in [2.05, 4.69) is 15.1 Å². The zero-order valence-corrected chi connectivity index (χ0v) is 12.4. The molecule has 0 bridgehead atoms. The summed E-state index contributed by atoms with van der Waals surface area (Å²) in [7, 11) is 0. The van der Waals surface area contributed by atoms with Gasteiger partial charge >= 0.3 is 5.91 Å². The Morgan fingerprint density at radius 2 is 1.96 bits per heavy atom. The van der Waals surface area contributed by atoms with Crippen LogP contribution in [0.1, 0.15) is 10.5 Å². The van der Waals surface area contributed by atoms with E-state index in [0.717, 1.165) is 5.56 Å². The quantitative estimate of drug-likeness (QED) is 0.548. The summed E-state index contributed by atoms with van der Waals surface area (Å²) in [6.07, 6.45) is 2.77. The second-order valence-electron chi connectivity index (χ2n) is 4.51. The van der Waals surface area contributed by atoms with Gasteiger partial charge in [-0.25, -0.2) is 14.5 Å². The van der Waals surface area contributed by atoms with E-state index in [4.69, 9.17) is 11.6 Å². The SMILES string of the molecule is O=C=NC(=O)c1cc(-c2ccccc2)nn1-c1ncccc1Cl. The topological polar surface area (TPSA) is 77.2 Å². The Kier molecular flexibility index (Phi) is 4.10. The molecule has 6 nitrogen and oxygen atoms in total. The van der Waals surface area contributed by atoms with Crippen LogP contribution in [-0.2, 0) is 4.79 Å². The highest BCUT2D eigenvalue weighted by Gasteiger charge is 2.19. The van der Waals surface area contributed by atoms with Gasteiger partial charge in [-0.05, 0) is 18.2 Å². The molecule has 2 aromatic heterocycles. The van der Waals surface area contributed by atoms with Crippen molar-refractivity contribution in [2.24, 2.45) is 4.99 Å². The van der Waals surface area contributed by atoms with E-state index in [1.807, 2.05) is 30.3 Å². The number of aliphatic imine (C=N–C) groups is 1. The molecule has 0 N–H and O–H groups in total. The molecule has 0 spiro atoms. The number of amides is 1. The highest BCUT2D eigenvalue weighted by atomic mass is 35.5. The van der Waals surface area contributed by atoms with E-state index in [-0.39, 0.29) is 11.5 Å². The van der Waals surface area contributed by atoms with Crippen LogP contribution in [0.15, 0.2) is 59.7 Å². The summed E-state index contributed by atoms with van der Waals surface area (Å²) >= 11 is 6.13. The van der Waals surface area contributed by atoms with Gasteiger partial charge in [0, 0.05) is 11.8 Å². The van der Waals surface area contributed by atoms with E-state index in [1.165, 1.54) is 23.0 Å². The van der Waals surface area contributed by atoms with Crippen LogP contribution < -0.4 is 0 Å². The molecule has 23 heavy (non-hydrogen) atoms. The Morgan fingerprint density at radius 1 is 1.17 bits per heavy atom. The van der Waals surface area contributed by atoms with Crippen molar-refractivity contribution in [1.82, 2.24) is 14.8 Å². The van der Waals surface area contributed by atoms with Crippen molar-refractivity contribution in [3.8, 4) is 17.1 Å². The average molecular weight is 325 g/mol. The summed E-state index contributed by atoms with van der Waals surface area (Å²) in [4.78, 5) is 29.7. The van der Waals surface area contributed by atoms with Crippen LogP contribution in [0.5, 0.6) is 0 Å². The van der Waals surface area contributed by atoms with E-state index in [1.54, 1.807) is 12.1 Å². The first-order chi connectivity index (χ1) is 11.2. The number of aromatic nitrogens is 3. The van der Waals surface area contributed by atoms with Crippen LogP contribution in [0.4, 0.5) is 0 Å². The molecule has 0 saturated carbocycles. The van der Waals surface area contributed by atoms with Crippen molar-refractivity contribution >= 4 is 23.6 Å². The average Bonchev–Trinajstić information content (AvgIpc) is 3.01. The predicted molar refractivity (Wildman–Crippen MR) is 84.3 cm³/mol. The number of pyridine rings is 1. The van der Waals surface area contributed by atoms with Crippen LogP contribution in [0.2, 0.25) is 5.02 Å². The van der Waals surface area contributed by atoms with Gasteiger partial charge < -0.3 is 0 Å². The summed E-state index contributed by atoms with van der Waals surface area (Å²) < 4.78 is 1.27. The van der Waals surface area contributed by atoms with Crippen LogP contribution in [0.3, 0.4) is 0 Å². The second-order valence-corrected chi connectivity index (χ2v) is 4.92. The molecule has 2 heterocycles. The molecule has 0 fully saturated rings. The van der Waals surface area contributed by atoms with Gasteiger partial charge in [-0.15, -0.1) is 4.99 Å². The maximum atomic E-state index is 12.0. The minimum Gasteiger partial charge on any atom is -0.264 e. The van der Waals surface area contributed by atoms with Crippen molar-refractivity contribution < 1.29 is 9.59 Å². The molecule has 3 rings (SSSR count). The zero-order chi connectivity index (χ0) is 16.2. The molecule has 0 aliphatic carbocycles. The van der Waals surface area contributed by atoms with Gasteiger partial charge in [0.05, 0.1) is 10.7 Å². The van der Waals surface area contributed by atoms with Crippen LogP contribution in [0, 0.1) is 0 Å². The lowest BCUT2D eigenvalue weighted by atomic mass is 10.1. The van der Waals surface area contributed by atoms with E-state index in [9.17, 15) is 9.59 Å². The highest BCUT2D eigenvalue weighted by Crippen LogP contribution is 2.24. The summed E-state index contributed by atoms with van der Waals surface area (Å²) in [5.74, 6) is -0.489. The number of carbonyl (C=O) groups excluding carboxylic acids is 2. The summed E-state index contributed by atoms with van der Waals surface area (Å²) in [5, 5.41) is 4.69. The number of hydrogen-bond donors (Lipinski definition) is 0. The highest BCUT2D eigenvalue weighted by molar-refractivity contribution is 6.32. The second kappa shape index (κ2) is 6.36. The van der Waals surface area contributed by atoms with Crippen molar-refractivity contribution in [2.45, 2.75) is 0 Å². The first kappa shape index (κ1) is 14.8. The number of rotatable bonds is 3. The third kappa shape index (κ3) is 2.94. The standard InChI is InChI=1S/C16H9ClN4O2/c17-12-7-4-8-18-15(12)21-14(16(23)19-10-22)9-13(20-21)11-5-2-1-3-6-11/h1-9H. The molecule has 0 atom stereocenters. The maximum Gasteiger partial charge on any atom is 0.306 e. The van der Waals surface area contributed by atoms with Crippen LogP contribution in [0.25, 0.3) is 17.1 Å². The third-order valence-corrected chi connectivity index (χ3v) is 3.38. The number of benzene rings is 1. The van der Waals surface area contributed by atoms with Gasteiger partial charge in [0.1, 0.15) is 5.69 Å². The lowest BCUT2D eigenvalue weighted by Crippen LogP contribution is -2.09. The normalized spacial score (nSPS) is 10.1. The van der Waals surface area contributed by atoms with Crippen molar-refractivity contribution in [3.63, 3.8) is 0 Å². The zero-order valence-electron chi connectivity index (χ0n) is 11.7. The number of nitrogens with zero attached hydrogens (tertiary/aromatic N) is 4. The first-order valence-electron chi connectivity index (χ1n) is 6.59. The number of isocyanates is 1. The van der Waals surface area contributed by atoms with Crippen molar-refractivity contribution in [1.29, 1.82) is 0 Å². The maximum absolute atomic E-state index is 12.0. The Hall–Kier alpha value is -3.08. The minimum atomic E-state index is -0.767. The minimum absolute atomic E-state index is 0.0767. The Bertz CT molecular complexity index is 915. The Balaban J connectivity index is 2.21. The largest absolute Gasteiger partial charge is 0.306 e. The van der Waals surface area contributed by atoms with Gasteiger partial charge in [-0.1, -0.05) is 41.9 Å². The van der Waals surface area contributed by atoms with Gasteiger partial charge in [0.25, 0.3) is 0 Å². The molecule has 1 amide bonds. The molecule has 0 aliphatic heterocycles. The van der Waals surface area contributed by atoms with Gasteiger partial charge in [-0.3, -0.25) is 4.79 Å². The monoisotopic (exact) mass is 324 g/mol. The van der Waals surface area contributed by atoms with Gasteiger partial charge in [0.2, 0.25) is 6.08 Å². The predicted octanol–water partition coefficient (Wildman–Crippen LogP) is 3.06. The molecule has 1 aromatic carbocycles. The Labute approximate surface area is 136 Å². The molecule has 112 valence electrons. The van der Waals surface area contributed by atoms with Crippen molar-refractivity contribution in [2.75, 3.05) is 0 Å². The lowest BCUT2D eigenvalue weighted by molar-refractivity contribution is 0.0995. The first-order valence-corrected chi connectivity index (χ1v) is 6.97. The van der Waals surface area contributed by atoms with Crippen LogP contribution >= 0.6 is 11.6 Å². The van der Waals surface area contributed by atoms with Crippen LogP contribution in [-0.4, -0.2) is 26.8 Å². The fraction of sp³-hybridized carbons (Fsp3) is 0. The third-order valence-electron chi connectivity index (χ3n) is 3.08. The molecular formula is C16H9ClN4O2. The number of carbonyl (C=O) groups is 1. The molecule has 0 aliphatic rings. The summed E-state index contributed by atoms with van der Waals surface area (Å²) in [6.45, 7) is 0. The number of hydrogen-bond acceptors (Lipinski definition) is 4. The molecular weight excluding hydrogens is 316 g/mol. The lowest BCUT2D eigenvalue weighted by Gasteiger charge is -2.04. The molecule has 0 unspecified atom stereocenters. The van der Waals surface area contributed by atoms with E-state index in [0.29, 0.717) is 10.7 Å². The summed E-state index contributed by atoms with van der Waals surface area (Å²) in [5.41, 5.74) is 1.42. The fourth-order valence-corrected chi connectivity index (χ4v) is 2.28. The number of halogens is 1. The van der Waals surface area contributed by atoms with Gasteiger partial charge in [-0.2, -0.15) is 5.10 Å².